The fourth-order valence-electron chi connectivity index (χ4n) is 2.78. The van der Waals surface area contributed by atoms with Gasteiger partial charge in [-0.2, -0.15) is 0 Å². The molecule has 2 atom stereocenters. The topological polar surface area (TPSA) is 86.7 Å². The third kappa shape index (κ3) is 3.52. The zero-order chi connectivity index (χ0) is 17.1. The van der Waals surface area contributed by atoms with E-state index in [9.17, 15) is 19.5 Å². The summed E-state index contributed by atoms with van der Waals surface area (Å²) in [6.07, 6.45) is 1.36. The summed E-state index contributed by atoms with van der Waals surface area (Å²) in [7, 11) is 0. The van der Waals surface area contributed by atoms with Gasteiger partial charge in [-0.25, -0.2) is 4.79 Å². The SMILES string of the molecule is CCC(C)C(NC(=O)c1ccc2c(c1)CCN2C(C)=O)C(=O)O. The summed E-state index contributed by atoms with van der Waals surface area (Å²) in [6.45, 7) is 5.81. The lowest BCUT2D eigenvalue weighted by Gasteiger charge is -2.20. The van der Waals surface area contributed by atoms with Crippen LogP contribution in [0.3, 0.4) is 0 Å². The van der Waals surface area contributed by atoms with Crippen molar-refractivity contribution in [3.05, 3.63) is 29.3 Å². The average Bonchev–Trinajstić information content (AvgIpc) is 2.94. The lowest BCUT2D eigenvalue weighted by molar-refractivity contribution is -0.140. The first-order valence-corrected chi connectivity index (χ1v) is 7.79. The van der Waals surface area contributed by atoms with Gasteiger partial charge in [0.1, 0.15) is 6.04 Å². The van der Waals surface area contributed by atoms with Gasteiger partial charge in [-0.15, -0.1) is 0 Å². The molecule has 0 spiro atoms. The molecule has 6 heteroatoms. The van der Waals surface area contributed by atoms with Crippen LogP contribution in [-0.2, 0) is 16.0 Å². The monoisotopic (exact) mass is 318 g/mol. The Morgan fingerprint density at radius 1 is 1.35 bits per heavy atom. The molecule has 0 aliphatic carbocycles. The first kappa shape index (κ1) is 17.0. The molecule has 1 aliphatic heterocycles. The lowest BCUT2D eigenvalue weighted by Crippen LogP contribution is -2.45. The van der Waals surface area contributed by atoms with E-state index in [0.717, 1.165) is 11.3 Å². The highest BCUT2D eigenvalue weighted by Crippen LogP contribution is 2.29. The maximum absolute atomic E-state index is 12.3. The number of carboxylic acids is 1. The summed E-state index contributed by atoms with van der Waals surface area (Å²) in [4.78, 5) is 36.9. The van der Waals surface area contributed by atoms with Gasteiger partial charge in [-0.1, -0.05) is 20.3 Å². The summed E-state index contributed by atoms with van der Waals surface area (Å²) in [5.41, 5.74) is 2.18. The van der Waals surface area contributed by atoms with Crippen LogP contribution in [0.5, 0.6) is 0 Å². The van der Waals surface area contributed by atoms with Crippen LogP contribution in [0.4, 0.5) is 5.69 Å². The minimum absolute atomic E-state index is 0.0244. The molecule has 0 saturated carbocycles. The van der Waals surface area contributed by atoms with E-state index in [2.05, 4.69) is 5.32 Å². The molecule has 1 aromatic rings. The number of aliphatic carboxylic acids is 1. The smallest absolute Gasteiger partial charge is 0.326 e. The number of carbonyl (C=O) groups is 3. The van der Waals surface area contributed by atoms with Crippen LogP contribution in [0.2, 0.25) is 0 Å². The molecule has 2 rings (SSSR count). The Labute approximate surface area is 135 Å². The Hall–Kier alpha value is -2.37. The maximum Gasteiger partial charge on any atom is 0.326 e. The van der Waals surface area contributed by atoms with Crippen molar-refractivity contribution in [3.8, 4) is 0 Å². The molecular formula is C17H22N2O4. The highest BCUT2D eigenvalue weighted by atomic mass is 16.4. The van der Waals surface area contributed by atoms with Gasteiger partial charge in [0, 0.05) is 24.7 Å². The van der Waals surface area contributed by atoms with Crippen molar-refractivity contribution in [2.45, 2.75) is 39.7 Å². The fourth-order valence-corrected chi connectivity index (χ4v) is 2.78. The number of carboxylic acid groups (broad SMARTS) is 1. The molecule has 124 valence electrons. The highest BCUT2D eigenvalue weighted by Gasteiger charge is 2.27. The van der Waals surface area contributed by atoms with Crippen LogP contribution in [0.25, 0.3) is 0 Å². The van der Waals surface area contributed by atoms with Crippen LogP contribution < -0.4 is 10.2 Å². The zero-order valence-electron chi connectivity index (χ0n) is 13.6. The quantitative estimate of drug-likeness (QED) is 0.867. The first-order valence-electron chi connectivity index (χ1n) is 7.79. The molecule has 0 aromatic heterocycles. The van der Waals surface area contributed by atoms with Gasteiger partial charge >= 0.3 is 5.97 Å². The fraction of sp³-hybridized carbons (Fsp3) is 0.471. The van der Waals surface area contributed by atoms with E-state index in [-0.39, 0.29) is 11.8 Å². The number of nitrogens with zero attached hydrogens (tertiary/aromatic N) is 1. The summed E-state index contributed by atoms with van der Waals surface area (Å²) >= 11 is 0. The number of carbonyl (C=O) groups excluding carboxylic acids is 2. The van der Waals surface area contributed by atoms with Crippen LogP contribution in [-0.4, -0.2) is 35.5 Å². The minimum Gasteiger partial charge on any atom is -0.480 e. The average molecular weight is 318 g/mol. The molecule has 0 fully saturated rings. The number of benzene rings is 1. The summed E-state index contributed by atoms with van der Waals surface area (Å²) in [5, 5.41) is 11.9. The molecule has 2 N–H and O–H groups in total. The van der Waals surface area contributed by atoms with E-state index >= 15 is 0 Å². The molecule has 1 heterocycles. The number of fused-ring (bicyclic) bond motifs is 1. The van der Waals surface area contributed by atoms with Gasteiger partial charge in [-0.3, -0.25) is 9.59 Å². The van der Waals surface area contributed by atoms with E-state index < -0.39 is 17.9 Å². The number of amides is 2. The van der Waals surface area contributed by atoms with E-state index in [4.69, 9.17) is 0 Å². The summed E-state index contributed by atoms with van der Waals surface area (Å²) in [5.74, 6) is -1.61. The van der Waals surface area contributed by atoms with Gasteiger partial charge in [-0.05, 0) is 36.1 Å². The molecule has 0 radical (unpaired) electrons. The van der Waals surface area contributed by atoms with E-state index in [0.29, 0.717) is 24.9 Å². The number of anilines is 1. The number of nitrogens with one attached hydrogen (secondary N) is 1. The molecular weight excluding hydrogens is 296 g/mol. The Morgan fingerprint density at radius 3 is 2.61 bits per heavy atom. The van der Waals surface area contributed by atoms with Gasteiger partial charge < -0.3 is 15.3 Å². The summed E-state index contributed by atoms with van der Waals surface area (Å²) < 4.78 is 0. The molecule has 23 heavy (non-hydrogen) atoms. The van der Waals surface area contributed by atoms with Crippen molar-refractivity contribution in [2.24, 2.45) is 5.92 Å². The molecule has 0 bridgehead atoms. The molecule has 2 unspecified atom stereocenters. The Bertz CT molecular complexity index is 641. The Balaban J connectivity index is 2.18. The molecule has 6 nitrogen and oxygen atoms in total. The third-order valence-corrected chi connectivity index (χ3v) is 4.38. The maximum atomic E-state index is 12.3. The second-order valence-electron chi connectivity index (χ2n) is 5.94. The number of rotatable bonds is 5. The highest BCUT2D eigenvalue weighted by molar-refractivity contribution is 5.99. The molecule has 2 amide bonds. The van der Waals surface area contributed by atoms with Crippen LogP contribution >= 0.6 is 0 Å². The van der Waals surface area contributed by atoms with Gasteiger partial charge in [0.05, 0.1) is 0 Å². The molecule has 0 saturated heterocycles. The zero-order valence-corrected chi connectivity index (χ0v) is 13.6. The largest absolute Gasteiger partial charge is 0.480 e. The van der Waals surface area contributed by atoms with Crippen LogP contribution in [0.15, 0.2) is 18.2 Å². The van der Waals surface area contributed by atoms with Crippen molar-refractivity contribution in [2.75, 3.05) is 11.4 Å². The number of hydrogen-bond acceptors (Lipinski definition) is 3. The normalized spacial score (nSPS) is 15.7. The standard InChI is InChI=1S/C17H22N2O4/c1-4-10(2)15(17(22)23)18-16(21)13-5-6-14-12(9-13)7-8-19(14)11(3)20/h5-6,9-10,15H,4,7-8H2,1-3H3,(H,18,21)(H,22,23). The lowest BCUT2D eigenvalue weighted by atomic mass is 9.98. The van der Waals surface area contributed by atoms with E-state index in [1.54, 1.807) is 30.0 Å². The van der Waals surface area contributed by atoms with Crippen molar-refractivity contribution in [1.29, 1.82) is 0 Å². The third-order valence-electron chi connectivity index (χ3n) is 4.38. The predicted molar refractivity (Wildman–Crippen MR) is 86.5 cm³/mol. The van der Waals surface area contributed by atoms with Crippen molar-refractivity contribution >= 4 is 23.5 Å². The predicted octanol–water partition coefficient (Wildman–Crippen LogP) is 1.82. The van der Waals surface area contributed by atoms with Gasteiger partial charge in [0.25, 0.3) is 5.91 Å². The summed E-state index contributed by atoms with van der Waals surface area (Å²) in [6, 6.07) is 4.21. The van der Waals surface area contributed by atoms with Crippen molar-refractivity contribution in [3.63, 3.8) is 0 Å². The Morgan fingerprint density at radius 2 is 2.04 bits per heavy atom. The second-order valence-corrected chi connectivity index (χ2v) is 5.94. The van der Waals surface area contributed by atoms with Crippen LogP contribution in [0, 0.1) is 5.92 Å². The van der Waals surface area contributed by atoms with Gasteiger partial charge in [0.15, 0.2) is 0 Å². The van der Waals surface area contributed by atoms with E-state index in [1.165, 1.54) is 6.92 Å². The first-order chi connectivity index (χ1) is 10.8. The molecule has 1 aromatic carbocycles. The van der Waals surface area contributed by atoms with Crippen molar-refractivity contribution < 1.29 is 19.5 Å². The second kappa shape index (κ2) is 6.81. The van der Waals surface area contributed by atoms with Gasteiger partial charge in [0.2, 0.25) is 5.91 Å². The van der Waals surface area contributed by atoms with Crippen molar-refractivity contribution in [1.82, 2.24) is 5.32 Å². The molecule has 1 aliphatic rings. The Kier molecular flexibility index (Phi) is 5.03. The minimum atomic E-state index is -1.03. The van der Waals surface area contributed by atoms with E-state index in [1.807, 2.05) is 6.92 Å². The van der Waals surface area contributed by atoms with Crippen LogP contribution in [0.1, 0.15) is 43.1 Å². The number of hydrogen-bond donors (Lipinski definition) is 2.